The molecule has 0 saturated heterocycles. The van der Waals surface area contributed by atoms with Crippen molar-refractivity contribution in [1.29, 1.82) is 0 Å². The first-order chi connectivity index (χ1) is 12.2. The molecule has 1 atom stereocenters. The van der Waals surface area contributed by atoms with E-state index in [4.69, 9.17) is 4.74 Å². The molecule has 0 heterocycles. The second-order valence-electron chi connectivity index (χ2n) is 5.45. The van der Waals surface area contributed by atoms with Gasteiger partial charge in [0.2, 0.25) is 0 Å². The van der Waals surface area contributed by atoms with Crippen molar-refractivity contribution in [2.75, 3.05) is 6.54 Å². The fourth-order valence-electron chi connectivity index (χ4n) is 2.04. The summed E-state index contributed by atoms with van der Waals surface area (Å²) in [6.45, 7) is -0.131. The number of benzene rings is 2. The van der Waals surface area contributed by atoms with Crippen LogP contribution in [-0.2, 0) is 4.79 Å². The molecule has 0 spiro atoms. The van der Waals surface area contributed by atoms with Gasteiger partial charge in [-0.2, -0.15) is 13.2 Å². The normalized spacial score (nSPS) is 12.3. The molecule has 0 aromatic heterocycles. The third kappa shape index (κ3) is 5.58. The molecule has 2 aromatic carbocycles. The number of halogens is 4. The van der Waals surface area contributed by atoms with E-state index in [1.807, 2.05) is 0 Å². The Labute approximate surface area is 146 Å². The van der Waals surface area contributed by atoms with Crippen molar-refractivity contribution < 1.29 is 31.9 Å². The van der Waals surface area contributed by atoms with Crippen molar-refractivity contribution >= 4 is 11.7 Å². The lowest BCUT2D eigenvalue weighted by molar-refractivity contribution is -0.142. The Kier molecular flexibility index (Phi) is 5.97. The van der Waals surface area contributed by atoms with Gasteiger partial charge in [-0.25, -0.2) is 4.39 Å². The van der Waals surface area contributed by atoms with Crippen LogP contribution in [-0.4, -0.2) is 30.5 Å². The number of rotatable bonds is 6. The zero-order chi connectivity index (χ0) is 19.3. The van der Waals surface area contributed by atoms with Gasteiger partial charge in [-0.05, 0) is 55.5 Å². The maximum atomic E-state index is 12.9. The summed E-state index contributed by atoms with van der Waals surface area (Å²) < 4.78 is 54.4. The summed E-state index contributed by atoms with van der Waals surface area (Å²) in [5.74, 6) is -1.47. The molecule has 0 aliphatic rings. The molecular formula is C18H15F4NO3. The second-order valence-corrected chi connectivity index (χ2v) is 5.45. The van der Waals surface area contributed by atoms with Crippen molar-refractivity contribution in [3.63, 3.8) is 0 Å². The molecule has 0 radical (unpaired) electrons. The number of carbonyl (C=O) groups is 2. The molecule has 138 valence electrons. The molecule has 0 bridgehead atoms. The van der Waals surface area contributed by atoms with Gasteiger partial charge in [0.15, 0.2) is 11.9 Å². The number of hydrogen-bond acceptors (Lipinski definition) is 3. The predicted molar refractivity (Wildman–Crippen MR) is 85.4 cm³/mol. The lowest BCUT2D eigenvalue weighted by Gasteiger charge is -2.15. The van der Waals surface area contributed by atoms with Crippen molar-refractivity contribution in [2.45, 2.75) is 19.2 Å². The lowest BCUT2D eigenvalue weighted by Crippen LogP contribution is -2.41. The smallest absolute Gasteiger partial charge is 0.405 e. The monoisotopic (exact) mass is 369 g/mol. The van der Waals surface area contributed by atoms with E-state index < -0.39 is 30.5 Å². The molecule has 26 heavy (non-hydrogen) atoms. The molecule has 0 aliphatic heterocycles. The molecule has 4 nitrogen and oxygen atoms in total. The Bertz CT molecular complexity index is 771. The molecule has 2 aromatic rings. The lowest BCUT2D eigenvalue weighted by atomic mass is 10.0. The molecule has 2 rings (SSSR count). The van der Waals surface area contributed by atoms with Gasteiger partial charge in [0.1, 0.15) is 18.1 Å². The summed E-state index contributed by atoms with van der Waals surface area (Å²) in [5, 5.41) is 1.72. The first kappa shape index (κ1) is 19.4. The van der Waals surface area contributed by atoms with E-state index in [0.717, 1.165) is 0 Å². The first-order valence-corrected chi connectivity index (χ1v) is 7.57. The molecule has 1 N–H and O–H groups in total. The van der Waals surface area contributed by atoms with Gasteiger partial charge in [0, 0.05) is 11.1 Å². The van der Waals surface area contributed by atoms with Crippen LogP contribution in [0.1, 0.15) is 22.8 Å². The van der Waals surface area contributed by atoms with Crippen LogP contribution in [0.4, 0.5) is 17.6 Å². The van der Waals surface area contributed by atoms with Gasteiger partial charge < -0.3 is 10.1 Å². The van der Waals surface area contributed by atoms with E-state index in [2.05, 4.69) is 0 Å². The highest BCUT2D eigenvalue weighted by Gasteiger charge is 2.29. The van der Waals surface area contributed by atoms with E-state index in [1.54, 1.807) is 5.32 Å². The largest absolute Gasteiger partial charge is 0.481 e. The van der Waals surface area contributed by atoms with Gasteiger partial charge in [0.05, 0.1) is 0 Å². The SMILES string of the molecule is C[C@@H](Oc1ccc(C(=O)c2ccc(F)cc2)cc1)C(=O)NCC(F)(F)F. The highest BCUT2D eigenvalue weighted by atomic mass is 19.4. The molecule has 0 aliphatic carbocycles. The third-order valence-electron chi connectivity index (χ3n) is 3.37. The van der Waals surface area contributed by atoms with Crippen LogP contribution in [0.15, 0.2) is 48.5 Å². The minimum Gasteiger partial charge on any atom is -0.481 e. The number of carbonyl (C=O) groups excluding carboxylic acids is 2. The summed E-state index contributed by atoms with van der Waals surface area (Å²) in [6.07, 6.45) is -5.64. The summed E-state index contributed by atoms with van der Waals surface area (Å²) in [7, 11) is 0. The van der Waals surface area contributed by atoms with Gasteiger partial charge in [-0.15, -0.1) is 0 Å². The Morgan fingerprint density at radius 3 is 2.00 bits per heavy atom. The van der Waals surface area contributed by atoms with Crippen molar-refractivity contribution in [2.24, 2.45) is 0 Å². The van der Waals surface area contributed by atoms with Crippen molar-refractivity contribution in [3.05, 3.63) is 65.5 Å². The van der Waals surface area contributed by atoms with Crippen molar-refractivity contribution in [3.8, 4) is 5.75 Å². The van der Waals surface area contributed by atoms with Crippen LogP contribution in [0.2, 0.25) is 0 Å². The average Bonchev–Trinajstić information content (AvgIpc) is 2.59. The van der Waals surface area contributed by atoms with Crippen LogP contribution in [0, 0.1) is 5.82 Å². The number of nitrogens with one attached hydrogen (secondary N) is 1. The Balaban J connectivity index is 1.97. The highest BCUT2D eigenvalue weighted by molar-refractivity contribution is 6.09. The van der Waals surface area contributed by atoms with E-state index >= 15 is 0 Å². The minimum absolute atomic E-state index is 0.218. The molecule has 0 unspecified atom stereocenters. The van der Waals surface area contributed by atoms with Gasteiger partial charge in [-0.1, -0.05) is 0 Å². The van der Waals surface area contributed by atoms with Gasteiger partial charge in [0.25, 0.3) is 5.91 Å². The average molecular weight is 369 g/mol. The standard InChI is InChI=1S/C18H15F4NO3/c1-11(17(25)23-10-18(20,21)22)26-15-8-4-13(5-9-15)16(24)12-2-6-14(19)7-3-12/h2-9,11H,10H2,1H3,(H,23,25)/t11-/m1/s1. The summed E-state index contributed by atoms with van der Waals surface area (Å²) in [5.41, 5.74) is 0.623. The third-order valence-corrected chi connectivity index (χ3v) is 3.37. The summed E-state index contributed by atoms with van der Waals surface area (Å²) in [6, 6.07) is 10.8. The fraction of sp³-hybridized carbons (Fsp3) is 0.222. The Hall–Kier alpha value is -2.90. The maximum Gasteiger partial charge on any atom is 0.405 e. The Morgan fingerprint density at radius 2 is 1.50 bits per heavy atom. The van der Waals surface area contributed by atoms with Crippen molar-refractivity contribution in [1.82, 2.24) is 5.32 Å². The molecule has 0 saturated carbocycles. The number of hydrogen-bond donors (Lipinski definition) is 1. The molecule has 0 fully saturated rings. The quantitative estimate of drug-likeness (QED) is 0.626. The van der Waals surface area contributed by atoms with Crippen LogP contribution in [0.25, 0.3) is 0 Å². The van der Waals surface area contributed by atoms with Crippen LogP contribution in [0.3, 0.4) is 0 Å². The zero-order valence-electron chi connectivity index (χ0n) is 13.6. The van der Waals surface area contributed by atoms with E-state index in [0.29, 0.717) is 11.1 Å². The van der Waals surface area contributed by atoms with E-state index in [1.165, 1.54) is 55.5 Å². The number of amides is 1. The number of ketones is 1. The van der Waals surface area contributed by atoms with Crippen LogP contribution >= 0.6 is 0 Å². The van der Waals surface area contributed by atoms with E-state index in [9.17, 15) is 27.2 Å². The van der Waals surface area contributed by atoms with Gasteiger partial charge in [-0.3, -0.25) is 9.59 Å². The highest BCUT2D eigenvalue weighted by Crippen LogP contribution is 2.17. The summed E-state index contributed by atoms with van der Waals surface area (Å²) >= 11 is 0. The van der Waals surface area contributed by atoms with Crippen LogP contribution < -0.4 is 10.1 Å². The fourth-order valence-corrected chi connectivity index (χ4v) is 2.04. The number of alkyl halides is 3. The molecule has 1 amide bonds. The summed E-state index contributed by atoms with van der Waals surface area (Å²) in [4.78, 5) is 23.8. The number of ether oxygens (including phenoxy) is 1. The van der Waals surface area contributed by atoms with Crippen LogP contribution in [0.5, 0.6) is 5.75 Å². The molecular weight excluding hydrogens is 354 g/mol. The second kappa shape index (κ2) is 7.99. The Morgan fingerprint density at radius 1 is 1.00 bits per heavy atom. The van der Waals surface area contributed by atoms with Gasteiger partial charge >= 0.3 is 6.18 Å². The predicted octanol–water partition coefficient (Wildman–Crippen LogP) is 3.50. The first-order valence-electron chi connectivity index (χ1n) is 7.57. The van der Waals surface area contributed by atoms with E-state index in [-0.39, 0.29) is 11.5 Å². The topological polar surface area (TPSA) is 55.4 Å². The maximum absolute atomic E-state index is 12.9. The molecule has 8 heteroatoms. The zero-order valence-corrected chi connectivity index (χ0v) is 13.6. The minimum atomic E-state index is -4.50.